The number of benzene rings is 4. The fraction of sp³-hybridized carbons (Fsp3) is 0.405. The summed E-state index contributed by atoms with van der Waals surface area (Å²) in [5.41, 5.74) is 12.5. The summed E-state index contributed by atoms with van der Waals surface area (Å²) in [6, 6.07) is 21.2. The van der Waals surface area contributed by atoms with Crippen molar-refractivity contribution in [2.45, 2.75) is 113 Å². The Balaban J connectivity index is 0.000000259. The van der Waals surface area contributed by atoms with Gasteiger partial charge in [-0.1, -0.05) is 53.7 Å². The van der Waals surface area contributed by atoms with Gasteiger partial charge >= 0.3 is 130 Å². The van der Waals surface area contributed by atoms with Gasteiger partial charge < -0.3 is 10.2 Å². The SMILES string of the molecule is Cc1cc(C(C)(C)C)c(O)c(-c2c(C)c(C)cc(C(C)(C)C)c2O)c1C.Cc1cccc(C)c1[N]=[Mo]=[CH]C(C)(C)c1ccccc1. The molecule has 0 unspecified atom stereocenters. The van der Waals surface area contributed by atoms with Crippen LogP contribution in [0.25, 0.3) is 11.1 Å². The molecule has 46 heavy (non-hydrogen) atoms. The Labute approximate surface area is 287 Å². The molecule has 0 aliphatic carbocycles. The molecular weight excluding hydrogens is 646 g/mol. The minimum atomic E-state index is -0.493. The van der Waals surface area contributed by atoms with Crippen molar-refractivity contribution >= 4 is 10.1 Å². The van der Waals surface area contributed by atoms with Gasteiger partial charge in [0.15, 0.2) is 0 Å². The van der Waals surface area contributed by atoms with E-state index in [1.54, 1.807) is 0 Å². The number of nitrogens with zero attached hydrogens (tertiary/aromatic N) is 1. The summed E-state index contributed by atoms with van der Waals surface area (Å²) in [6.07, 6.45) is 0. The summed E-state index contributed by atoms with van der Waals surface area (Å²) >= 11 is -0.493. The molecule has 0 saturated heterocycles. The van der Waals surface area contributed by atoms with E-state index in [2.05, 4.69) is 148 Å². The third-order valence-corrected chi connectivity index (χ3v) is 11.4. The molecule has 4 rings (SSSR count). The first-order valence-electron chi connectivity index (χ1n) is 16.2. The van der Waals surface area contributed by atoms with Crippen LogP contribution in [0.5, 0.6) is 11.5 Å². The van der Waals surface area contributed by atoms with E-state index in [-0.39, 0.29) is 27.7 Å². The van der Waals surface area contributed by atoms with Crippen LogP contribution in [0, 0.1) is 41.5 Å². The molecule has 0 heterocycles. The quantitative estimate of drug-likeness (QED) is 0.208. The summed E-state index contributed by atoms with van der Waals surface area (Å²) in [7, 11) is 0. The van der Waals surface area contributed by atoms with Crippen molar-refractivity contribution < 1.29 is 28.1 Å². The maximum absolute atomic E-state index is 11.2. The molecule has 0 spiro atoms. The van der Waals surface area contributed by atoms with E-state index in [4.69, 9.17) is 3.50 Å². The number of aryl methyl sites for hydroxylation is 4. The predicted octanol–water partition coefficient (Wildman–Crippen LogP) is 11.6. The Hall–Kier alpha value is -3.16. The molecule has 0 aliphatic heterocycles. The van der Waals surface area contributed by atoms with Crippen LogP contribution in [-0.4, -0.2) is 14.6 Å². The zero-order chi connectivity index (χ0) is 34.8. The molecule has 0 atom stereocenters. The van der Waals surface area contributed by atoms with Gasteiger partial charge in [-0.15, -0.1) is 0 Å². The van der Waals surface area contributed by atoms with Crippen LogP contribution in [0.4, 0.5) is 5.69 Å². The van der Waals surface area contributed by atoms with Crippen molar-refractivity contribution in [3.05, 3.63) is 111 Å². The Morgan fingerprint density at radius 1 is 0.565 bits per heavy atom. The number of phenols is 2. The summed E-state index contributed by atoms with van der Waals surface area (Å²) in [6.45, 7) is 29.6. The van der Waals surface area contributed by atoms with Crippen LogP contribution in [0.2, 0.25) is 0 Å². The van der Waals surface area contributed by atoms with Gasteiger partial charge in [0.25, 0.3) is 0 Å². The number of hydrogen-bond donors (Lipinski definition) is 2. The van der Waals surface area contributed by atoms with Crippen LogP contribution in [0.1, 0.15) is 105 Å². The molecule has 4 aromatic carbocycles. The first-order valence-corrected chi connectivity index (χ1v) is 18.2. The van der Waals surface area contributed by atoms with Gasteiger partial charge in [-0.3, -0.25) is 0 Å². The number of rotatable bonds is 4. The third-order valence-electron chi connectivity index (χ3n) is 8.95. The number of aromatic hydroxyl groups is 2. The Morgan fingerprint density at radius 3 is 1.37 bits per heavy atom. The van der Waals surface area contributed by atoms with Crippen LogP contribution in [0.15, 0.2) is 64.2 Å². The van der Waals surface area contributed by atoms with Gasteiger partial charge in [-0.25, -0.2) is 0 Å². The standard InChI is InChI=1S/C24H34O2.C10H12.C8H9N.Mo/c1-13-11-17(23(5,6)7)21(25)19(15(13)3)20-16(4)14(2)12-18(22(20)26)24(8,9)10;1-10(2,3)9-7-5-4-6-8-9;1-6-4-3-5-7(2)8(6)9;/h11-12,25-26H,1-10H3;1,4-8H,2-3H3;3-5H,1-2H3;. The molecule has 0 aliphatic rings. The average molecular weight is 702 g/mol. The zero-order valence-corrected chi connectivity index (χ0v) is 32.6. The normalized spacial score (nSPS) is 11.9. The second-order valence-corrected chi connectivity index (χ2v) is 16.9. The van der Waals surface area contributed by atoms with Gasteiger partial charge in [0.1, 0.15) is 11.5 Å². The topological polar surface area (TPSA) is 52.8 Å². The van der Waals surface area contributed by atoms with Crippen molar-refractivity contribution in [1.29, 1.82) is 0 Å². The molecule has 0 radical (unpaired) electrons. The number of phenolic OH excluding ortho intramolecular Hbond substituents is 2. The van der Waals surface area contributed by atoms with Crippen molar-refractivity contribution in [2.24, 2.45) is 3.50 Å². The molecule has 3 nitrogen and oxygen atoms in total. The maximum atomic E-state index is 11.2. The van der Waals surface area contributed by atoms with Crippen LogP contribution >= 0.6 is 0 Å². The van der Waals surface area contributed by atoms with E-state index in [0.29, 0.717) is 0 Å². The molecule has 0 fully saturated rings. The van der Waals surface area contributed by atoms with Crippen molar-refractivity contribution in [1.82, 2.24) is 0 Å². The first-order chi connectivity index (χ1) is 21.2. The fourth-order valence-electron chi connectivity index (χ4n) is 5.66. The van der Waals surface area contributed by atoms with Gasteiger partial charge in [-0.05, 0) is 60.8 Å². The van der Waals surface area contributed by atoms with E-state index < -0.39 is 17.9 Å². The third kappa shape index (κ3) is 8.40. The first kappa shape index (κ1) is 37.3. The fourth-order valence-corrected chi connectivity index (χ4v) is 7.74. The Bertz CT molecular complexity index is 1680. The van der Waals surface area contributed by atoms with Crippen molar-refractivity contribution in [3.63, 3.8) is 0 Å². The zero-order valence-electron chi connectivity index (χ0n) is 30.6. The molecule has 4 heteroatoms. The molecule has 4 aromatic rings. The van der Waals surface area contributed by atoms with Crippen LogP contribution in [-0.2, 0) is 34.2 Å². The molecule has 0 aromatic heterocycles. The summed E-state index contributed by atoms with van der Waals surface area (Å²) < 4.78 is 7.31. The van der Waals surface area contributed by atoms with E-state index in [0.717, 1.165) is 44.5 Å². The van der Waals surface area contributed by atoms with E-state index in [9.17, 15) is 10.2 Å². The molecule has 0 amide bonds. The molecule has 0 saturated carbocycles. The van der Waals surface area contributed by atoms with Gasteiger partial charge in [-0.2, -0.15) is 0 Å². The summed E-state index contributed by atoms with van der Waals surface area (Å²) in [5, 5.41) is 22.4. The van der Waals surface area contributed by atoms with Crippen LogP contribution in [0.3, 0.4) is 0 Å². The summed E-state index contributed by atoms with van der Waals surface area (Å²) in [5.74, 6) is 0.564. The van der Waals surface area contributed by atoms with E-state index in [1.165, 1.54) is 22.4 Å². The van der Waals surface area contributed by atoms with Crippen molar-refractivity contribution in [2.75, 3.05) is 0 Å². The van der Waals surface area contributed by atoms with E-state index >= 15 is 0 Å². The van der Waals surface area contributed by atoms with Gasteiger partial charge in [0.05, 0.1) is 0 Å². The molecular formula is C42H55MoNO2. The second-order valence-electron chi connectivity index (χ2n) is 15.3. The Morgan fingerprint density at radius 2 is 0.978 bits per heavy atom. The average Bonchev–Trinajstić information content (AvgIpc) is 2.95. The molecule has 2 N–H and O–H groups in total. The van der Waals surface area contributed by atoms with Crippen molar-refractivity contribution in [3.8, 4) is 22.6 Å². The van der Waals surface area contributed by atoms with E-state index in [1.807, 2.05) is 13.8 Å². The summed E-state index contributed by atoms with van der Waals surface area (Å²) in [4.78, 5) is 0. The second kappa shape index (κ2) is 14.3. The minimum absolute atomic E-state index is 0.101. The number of hydrogen-bond acceptors (Lipinski definition) is 3. The Kier molecular flexibility index (Phi) is 11.6. The van der Waals surface area contributed by atoms with Crippen LogP contribution < -0.4 is 0 Å². The monoisotopic (exact) mass is 703 g/mol. The molecule has 0 bridgehead atoms. The predicted molar refractivity (Wildman–Crippen MR) is 195 cm³/mol. The molecule has 246 valence electrons. The van der Waals surface area contributed by atoms with Gasteiger partial charge in [0.2, 0.25) is 0 Å². The van der Waals surface area contributed by atoms with Gasteiger partial charge in [0, 0.05) is 22.3 Å².